The number of rotatable bonds is 0. The van der Waals surface area contributed by atoms with Gasteiger partial charge in [0.05, 0.1) is 6.20 Å². The molecule has 1 heterocycles. The van der Waals surface area contributed by atoms with E-state index in [-0.39, 0.29) is 0 Å². The van der Waals surface area contributed by atoms with E-state index in [1.807, 2.05) is 24.4 Å². The van der Waals surface area contributed by atoms with Crippen LogP contribution in [0.4, 0.5) is 0 Å². The summed E-state index contributed by atoms with van der Waals surface area (Å²) in [6.07, 6.45) is 4.78. The number of aryl methyl sites for hydroxylation is 1. The van der Waals surface area contributed by atoms with E-state index in [4.69, 9.17) is 0 Å². The number of benzene rings is 1. The van der Waals surface area contributed by atoms with E-state index >= 15 is 0 Å². The van der Waals surface area contributed by atoms with Crippen molar-refractivity contribution < 1.29 is 0 Å². The first kappa shape index (κ1) is 6.35. The van der Waals surface area contributed by atoms with Crippen molar-refractivity contribution in [3.63, 3.8) is 0 Å². The number of aromatic nitrogens is 1. The fourth-order valence-corrected chi connectivity index (χ4v) is 1.19. The van der Waals surface area contributed by atoms with Crippen molar-refractivity contribution in [2.24, 2.45) is 0 Å². The average molecular weight is 142 g/mol. The summed E-state index contributed by atoms with van der Waals surface area (Å²) in [6.45, 7) is 2.06. The highest BCUT2D eigenvalue weighted by molar-refractivity contribution is 5.83. The highest BCUT2D eigenvalue weighted by Gasteiger charge is 1.93. The minimum Gasteiger partial charge on any atom is -0.254 e. The van der Waals surface area contributed by atoms with Crippen molar-refractivity contribution in [1.82, 2.24) is 4.98 Å². The Labute approximate surface area is 65.7 Å². The Bertz CT molecular complexity index is 374. The van der Waals surface area contributed by atoms with E-state index in [0.717, 1.165) is 5.39 Å². The van der Waals surface area contributed by atoms with Crippen molar-refractivity contribution >= 4 is 10.8 Å². The molecular formula is C10H8N. The van der Waals surface area contributed by atoms with Crippen LogP contribution in [0.15, 0.2) is 30.5 Å². The van der Waals surface area contributed by atoms with Crippen LogP contribution in [0.25, 0.3) is 10.8 Å². The topological polar surface area (TPSA) is 12.9 Å². The molecule has 0 fully saturated rings. The van der Waals surface area contributed by atoms with Crippen molar-refractivity contribution in [3.8, 4) is 0 Å². The van der Waals surface area contributed by atoms with Crippen LogP contribution in [0.2, 0.25) is 0 Å². The molecule has 1 heteroatoms. The summed E-state index contributed by atoms with van der Waals surface area (Å²) < 4.78 is 0. The third kappa shape index (κ3) is 0.984. The van der Waals surface area contributed by atoms with Crippen LogP contribution < -0.4 is 0 Å². The molecule has 1 aromatic heterocycles. The smallest absolute Gasteiger partial charge is 0.0970 e. The maximum absolute atomic E-state index is 3.99. The minimum atomic E-state index is 1.09. The molecule has 0 aliphatic carbocycles. The van der Waals surface area contributed by atoms with Crippen LogP contribution in [0.5, 0.6) is 0 Å². The highest BCUT2D eigenvalue weighted by atomic mass is 14.6. The highest BCUT2D eigenvalue weighted by Crippen LogP contribution is 2.14. The molecule has 53 valence electrons. The van der Waals surface area contributed by atoms with Gasteiger partial charge in [-0.2, -0.15) is 0 Å². The Balaban J connectivity index is 2.91. The standard InChI is InChI=1S/C10H8N/c1-8-6-11-7-9-4-2-3-5-10(8)9/h2-6H,1H3. The summed E-state index contributed by atoms with van der Waals surface area (Å²) >= 11 is 0. The maximum Gasteiger partial charge on any atom is 0.0970 e. The molecule has 1 aromatic carbocycles. The van der Waals surface area contributed by atoms with Gasteiger partial charge in [0.15, 0.2) is 0 Å². The molecule has 0 spiro atoms. The fourth-order valence-electron chi connectivity index (χ4n) is 1.19. The molecule has 0 bridgehead atoms. The summed E-state index contributed by atoms with van der Waals surface area (Å²) in [5.74, 6) is 0. The predicted molar refractivity (Wildman–Crippen MR) is 45.3 cm³/mol. The van der Waals surface area contributed by atoms with Gasteiger partial charge < -0.3 is 0 Å². The number of nitrogens with zero attached hydrogens (tertiary/aromatic N) is 1. The quantitative estimate of drug-likeness (QED) is 0.550. The zero-order chi connectivity index (χ0) is 7.68. The number of hydrogen-bond donors (Lipinski definition) is 0. The van der Waals surface area contributed by atoms with E-state index in [1.165, 1.54) is 10.9 Å². The monoisotopic (exact) mass is 142 g/mol. The van der Waals surface area contributed by atoms with Gasteiger partial charge >= 0.3 is 0 Å². The molecule has 0 amide bonds. The minimum absolute atomic E-state index is 1.09. The summed E-state index contributed by atoms with van der Waals surface area (Å²) in [5.41, 5.74) is 1.21. The Kier molecular flexibility index (Phi) is 1.35. The van der Waals surface area contributed by atoms with Crippen molar-refractivity contribution in [3.05, 3.63) is 42.2 Å². The summed E-state index contributed by atoms with van der Waals surface area (Å²) in [7, 11) is 0. The van der Waals surface area contributed by atoms with Crippen molar-refractivity contribution in [2.45, 2.75) is 6.92 Å². The fraction of sp³-hybridized carbons (Fsp3) is 0.100. The number of hydrogen-bond acceptors (Lipinski definition) is 1. The van der Waals surface area contributed by atoms with Crippen LogP contribution in [0, 0.1) is 13.1 Å². The molecule has 1 nitrogen and oxygen atoms in total. The first-order chi connectivity index (χ1) is 5.38. The van der Waals surface area contributed by atoms with Crippen LogP contribution in [-0.2, 0) is 0 Å². The van der Waals surface area contributed by atoms with E-state index in [0.29, 0.717) is 0 Å². The molecule has 1 radical (unpaired) electrons. The third-order valence-corrected chi connectivity index (χ3v) is 1.80. The van der Waals surface area contributed by atoms with Gasteiger partial charge in [0.2, 0.25) is 0 Å². The molecule has 0 N–H and O–H groups in total. The summed E-state index contributed by atoms with van der Waals surface area (Å²) in [4.78, 5) is 3.99. The van der Waals surface area contributed by atoms with Crippen LogP contribution >= 0.6 is 0 Å². The molecular weight excluding hydrogens is 134 g/mol. The van der Waals surface area contributed by atoms with Crippen LogP contribution in [0.1, 0.15) is 5.56 Å². The maximum atomic E-state index is 3.99. The summed E-state index contributed by atoms with van der Waals surface area (Å²) in [6, 6.07) is 8.14. The van der Waals surface area contributed by atoms with Crippen molar-refractivity contribution in [2.75, 3.05) is 0 Å². The van der Waals surface area contributed by atoms with E-state index < -0.39 is 0 Å². The van der Waals surface area contributed by atoms with Crippen LogP contribution in [-0.4, -0.2) is 4.98 Å². The van der Waals surface area contributed by atoms with Gasteiger partial charge in [0.1, 0.15) is 0 Å². The SMILES string of the molecule is Cc1cn[c]c2ccccc12. The van der Waals surface area contributed by atoms with Crippen LogP contribution in [0.3, 0.4) is 0 Å². The lowest BCUT2D eigenvalue weighted by Gasteiger charge is -1.97. The second kappa shape index (κ2) is 2.35. The van der Waals surface area contributed by atoms with Gasteiger partial charge in [0.25, 0.3) is 0 Å². The second-order valence-electron chi connectivity index (χ2n) is 2.60. The number of pyridine rings is 1. The number of fused-ring (bicyclic) bond motifs is 1. The Morgan fingerprint density at radius 2 is 2.09 bits per heavy atom. The zero-order valence-corrected chi connectivity index (χ0v) is 6.33. The molecule has 0 unspecified atom stereocenters. The Morgan fingerprint density at radius 1 is 1.27 bits per heavy atom. The molecule has 2 rings (SSSR count). The molecule has 0 saturated carbocycles. The van der Waals surface area contributed by atoms with Gasteiger partial charge in [-0.25, -0.2) is 0 Å². The van der Waals surface area contributed by atoms with Gasteiger partial charge in [-0.05, 0) is 17.9 Å². The van der Waals surface area contributed by atoms with Gasteiger partial charge in [-0.15, -0.1) is 0 Å². The molecule has 11 heavy (non-hydrogen) atoms. The zero-order valence-electron chi connectivity index (χ0n) is 6.33. The lowest BCUT2D eigenvalue weighted by atomic mass is 10.1. The van der Waals surface area contributed by atoms with E-state index in [9.17, 15) is 0 Å². The first-order valence-electron chi connectivity index (χ1n) is 3.60. The molecule has 0 aliphatic rings. The van der Waals surface area contributed by atoms with Gasteiger partial charge in [-0.3, -0.25) is 4.98 Å². The van der Waals surface area contributed by atoms with E-state index in [2.05, 4.69) is 24.2 Å². The molecule has 0 saturated heterocycles. The average Bonchev–Trinajstić information content (AvgIpc) is 2.06. The summed E-state index contributed by atoms with van der Waals surface area (Å²) in [5, 5.41) is 2.33. The predicted octanol–water partition coefficient (Wildman–Crippen LogP) is 2.34. The Morgan fingerprint density at radius 3 is 2.91 bits per heavy atom. The molecule has 0 aliphatic heterocycles. The largest absolute Gasteiger partial charge is 0.254 e. The van der Waals surface area contributed by atoms with Crippen molar-refractivity contribution in [1.29, 1.82) is 0 Å². The molecule has 0 atom stereocenters. The van der Waals surface area contributed by atoms with Gasteiger partial charge in [0, 0.05) is 11.6 Å². The van der Waals surface area contributed by atoms with Gasteiger partial charge in [-0.1, -0.05) is 24.3 Å². The lowest BCUT2D eigenvalue weighted by Crippen LogP contribution is -1.79. The Hall–Kier alpha value is -1.37. The van der Waals surface area contributed by atoms with E-state index in [1.54, 1.807) is 0 Å². The second-order valence-corrected chi connectivity index (χ2v) is 2.60. The third-order valence-electron chi connectivity index (χ3n) is 1.80. The first-order valence-corrected chi connectivity index (χ1v) is 3.60. The normalized spacial score (nSPS) is 10.3. The lowest BCUT2D eigenvalue weighted by molar-refractivity contribution is 1.30. The molecule has 2 aromatic rings.